The predicted octanol–water partition coefficient (Wildman–Crippen LogP) is 3.06. The second-order valence-corrected chi connectivity index (χ2v) is 8.45. The summed E-state index contributed by atoms with van der Waals surface area (Å²) in [5.41, 5.74) is 0. The smallest absolute Gasteiger partial charge is 0.221 e. The van der Waals surface area contributed by atoms with Gasteiger partial charge in [0, 0.05) is 16.9 Å². The van der Waals surface area contributed by atoms with E-state index < -0.39 is 9.84 Å². The Kier molecular flexibility index (Phi) is 5.81. The Morgan fingerprint density at radius 1 is 1.14 bits per heavy atom. The molecule has 4 nitrogen and oxygen atoms in total. The number of amides is 1. The summed E-state index contributed by atoms with van der Waals surface area (Å²) in [6.07, 6.45) is 5.54. The molecule has 1 fully saturated rings. The van der Waals surface area contributed by atoms with Crippen molar-refractivity contribution >= 4 is 31.7 Å². The van der Waals surface area contributed by atoms with E-state index >= 15 is 0 Å². The Hall–Kier alpha value is -0.880. The minimum absolute atomic E-state index is 0.0227. The normalized spacial score (nSPS) is 16.6. The van der Waals surface area contributed by atoms with Crippen LogP contribution < -0.4 is 5.32 Å². The number of hydrogen-bond acceptors (Lipinski definition) is 3. The zero-order valence-corrected chi connectivity index (χ0v) is 14.2. The van der Waals surface area contributed by atoms with Crippen molar-refractivity contribution < 1.29 is 13.2 Å². The SMILES string of the molecule is O=C(CCS(=O)(=O)c1ccc(Br)cc1)NC1CCCCC1. The first-order valence-electron chi connectivity index (χ1n) is 7.25. The van der Waals surface area contributed by atoms with Crippen molar-refractivity contribution in [3.63, 3.8) is 0 Å². The van der Waals surface area contributed by atoms with Gasteiger partial charge in [-0.25, -0.2) is 8.42 Å². The number of hydrogen-bond donors (Lipinski definition) is 1. The number of carbonyl (C=O) groups is 1. The first kappa shape index (κ1) is 16.5. The van der Waals surface area contributed by atoms with Crippen molar-refractivity contribution in [3.8, 4) is 0 Å². The van der Waals surface area contributed by atoms with Crippen LogP contribution in [0.25, 0.3) is 0 Å². The van der Waals surface area contributed by atoms with Crippen molar-refractivity contribution in [2.24, 2.45) is 0 Å². The van der Waals surface area contributed by atoms with Crippen LogP contribution in [-0.4, -0.2) is 26.1 Å². The number of carbonyl (C=O) groups excluding carboxylic acids is 1. The number of benzene rings is 1. The van der Waals surface area contributed by atoms with Gasteiger partial charge in [0.05, 0.1) is 10.6 Å². The standard InChI is InChI=1S/C15H20BrNO3S/c16-12-6-8-14(9-7-12)21(19,20)11-10-15(18)17-13-4-2-1-3-5-13/h6-9,13H,1-5,10-11H2,(H,17,18). The highest BCUT2D eigenvalue weighted by atomic mass is 79.9. The van der Waals surface area contributed by atoms with Crippen LogP contribution in [0.15, 0.2) is 33.6 Å². The molecule has 1 aliphatic carbocycles. The van der Waals surface area contributed by atoms with Gasteiger partial charge in [0.25, 0.3) is 0 Å². The van der Waals surface area contributed by atoms with E-state index in [0.29, 0.717) is 0 Å². The summed E-state index contributed by atoms with van der Waals surface area (Å²) < 4.78 is 25.1. The summed E-state index contributed by atoms with van der Waals surface area (Å²) >= 11 is 3.27. The molecule has 1 aromatic carbocycles. The molecule has 0 radical (unpaired) electrons. The molecule has 1 saturated carbocycles. The van der Waals surface area contributed by atoms with Crippen molar-refractivity contribution in [1.82, 2.24) is 5.32 Å². The Morgan fingerprint density at radius 2 is 1.76 bits per heavy atom. The highest BCUT2D eigenvalue weighted by molar-refractivity contribution is 9.10. The number of halogens is 1. The molecule has 0 atom stereocenters. The molecule has 0 aromatic heterocycles. The molecule has 116 valence electrons. The van der Waals surface area contributed by atoms with Crippen LogP contribution in [0.2, 0.25) is 0 Å². The monoisotopic (exact) mass is 373 g/mol. The van der Waals surface area contributed by atoms with E-state index in [0.717, 1.165) is 30.2 Å². The highest BCUT2D eigenvalue weighted by Gasteiger charge is 2.19. The third kappa shape index (κ3) is 5.11. The fourth-order valence-corrected chi connectivity index (χ4v) is 4.04. The molecule has 0 heterocycles. The van der Waals surface area contributed by atoms with Crippen molar-refractivity contribution in [2.45, 2.75) is 49.5 Å². The molecular weight excluding hydrogens is 354 g/mol. The second-order valence-electron chi connectivity index (χ2n) is 5.43. The van der Waals surface area contributed by atoms with Gasteiger partial charge in [-0.15, -0.1) is 0 Å². The maximum atomic E-state index is 12.1. The van der Waals surface area contributed by atoms with Crippen molar-refractivity contribution in [2.75, 3.05) is 5.75 Å². The Bertz CT molecular complexity index is 577. The topological polar surface area (TPSA) is 63.2 Å². The van der Waals surface area contributed by atoms with E-state index in [1.807, 2.05) is 0 Å². The lowest BCUT2D eigenvalue weighted by atomic mass is 9.95. The molecule has 2 rings (SSSR count). The number of rotatable bonds is 5. The van der Waals surface area contributed by atoms with Gasteiger partial charge in [-0.1, -0.05) is 35.2 Å². The molecule has 1 amide bonds. The van der Waals surface area contributed by atoms with E-state index in [1.165, 1.54) is 6.42 Å². The maximum Gasteiger partial charge on any atom is 0.221 e. The zero-order chi connectivity index (χ0) is 15.3. The molecule has 0 saturated heterocycles. The molecule has 6 heteroatoms. The number of nitrogens with one attached hydrogen (secondary N) is 1. The Morgan fingerprint density at radius 3 is 2.38 bits per heavy atom. The summed E-state index contributed by atoms with van der Waals surface area (Å²) in [6.45, 7) is 0. The average Bonchev–Trinajstić information content (AvgIpc) is 2.47. The zero-order valence-electron chi connectivity index (χ0n) is 11.8. The van der Waals surface area contributed by atoms with Crippen LogP contribution >= 0.6 is 15.9 Å². The summed E-state index contributed by atoms with van der Waals surface area (Å²) in [5.74, 6) is -0.310. The van der Waals surface area contributed by atoms with Gasteiger partial charge in [0.1, 0.15) is 0 Å². The summed E-state index contributed by atoms with van der Waals surface area (Å²) in [5, 5.41) is 2.94. The molecule has 0 unspecified atom stereocenters. The lowest BCUT2D eigenvalue weighted by Gasteiger charge is -2.22. The van der Waals surface area contributed by atoms with Crippen molar-refractivity contribution in [1.29, 1.82) is 0 Å². The van der Waals surface area contributed by atoms with Gasteiger partial charge >= 0.3 is 0 Å². The number of sulfone groups is 1. The van der Waals surface area contributed by atoms with Crippen LogP contribution in [-0.2, 0) is 14.6 Å². The minimum Gasteiger partial charge on any atom is -0.353 e. The lowest BCUT2D eigenvalue weighted by Crippen LogP contribution is -2.36. The van der Waals surface area contributed by atoms with Gasteiger partial charge < -0.3 is 5.32 Å². The van der Waals surface area contributed by atoms with Crippen molar-refractivity contribution in [3.05, 3.63) is 28.7 Å². The first-order valence-corrected chi connectivity index (χ1v) is 9.69. The van der Waals surface area contributed by atoms with Gasteiger partial charge in [-0.05, 0) is 37.1 Å². The van der Waals surface area contributed by atoms with Gasteiger partial charge in [-0.2, -0.15) is 0 Å². The quantitative estimate of drug-likeness (QED) is 0.862. The Labute approximate surface area is 134 Å². The van der Waals surface area contributed by atoms with Crippen LogP contribution in [0.1, 0.15) is 38.5 Å². The highest BCUT2D eigenvalue weighted by Crippen LogP contribution is 2.18. The van der Waals surface area contributed by atoms with Gasteiger partial charge in [0.15, 0.2) is 9.84 Å². The average molecular weight is 374 g/mol. The summed E-state index contributed by atoms with van der Waals surface area (Å²) in [6, 6.07) is 6.71. The van der Waals surface area contributed by atoms with Gasteiger partial charge in [0.2, 0.25) is 5.91 Å². The van der Waals surface area contributed by atoms with E-state index in [-0.39, 0.29) is 29.0 Å². The third-order valence-electron chi connectivity index (χ3n) is 3.74. The molecular formula is C15H20BrNO3S. The summed E-state index contributed by atoms with van der Waals surface area (Å²) in [4.78, 5) is 12.1. The maximum absolute atomic E-state index is 12.1. The fourth-order valence-electron chi connectivity index (χ4n) is 2.53. The Balaban J connectivity index is 1.86. The molecule has 1 aromatic rings. The van der Waals surface area contributed by atoms with Crippen LogP contribution in [0.4, 0.5) is 0 Å². The molecule has 1 N–H and O–H groups in total. The van der Waals surface area contributed by atoms with E-state index in [2.05, 4.69) is 21.2 Å². The van der Waals surface area contributed by atoms with Crippen LogP contribution in [0.3, 0.4) is 0 Å². The van der Waals surface area contributed by atoms with E-state index in [4.69, 9.17) is 0 Å². The van der Waals surface area contributed by atoms with Crippen LogP contribution in [0.5, 0.6) is 0 Å². The molecule has 0 spiro atoms. The second kappa shape index (κ2) is 7.40. The largest absolute Gasteiger partial charge is 0.353 e. The van der Waals surface area contributed by atoms with Crippen LogP contribution in [0, 0.1) is 0 Å². The molecule has 21 heavy (non-hydrogen) atoms. The molecule has 1 aliphatic rings. The molecule has 0 aliphatic heterocycles. The lowest BCUT2D eigenvalue weighted by molar-refractivity contribution is -0.121. The third-order valence-corrected chi connectivity index (χ3v) is 6.00. The fraction of sp³-hybridized carbons (Fsp3) is 0.533. The minimum atomic E-state index is -3.39. The first-order chi connectivity index (χ1) is 9.97. The molecule has 0 bridgehead atoms. The van der Waals surface area contributed by atoms with Gasteiger partial charge in [-0.3, -0.25) is 4.79 Å². The van der Waals surface area contributed by atoms with E-state index in [1.54, 1.807) is 24.3 Å². The predicted molar refractivity (Wildman–Crippen MR) is 85.8 cm³/mol. The van der Waals surface area contributed by atoms with E-state index in [9.17, 15) is 13.2 Å². The summed E-state index contributed by atoms with van der Waals surface area (Å²) in [7, 11) is -3.39.